The summed E-state index contributed by atoms with van der Waals surface area (Å²) in [6.45, 7) is 6.37. The van der Waals surface area contributed by atoms with Crippen molar-refractivity contribution in [3.8, 4) is 0 Å². The van der Waals surface area contributed by atoms with E-state index in [0.29, 0.717) is 0 Å². The maximum atomic E-state index is 5.51. The molecule has 1 aliphatic rings. The van der Waals surface area contributed by atoms with E-state index in [4.69, 9.17) is 4.42 Å². The molecule has 1 aromatic heterocycles. The maximum Gasteiger partial charge on any atom is 0.117 e. The van der Waals surface area contributed by atoms with Gasteiger partial charge in [-0.25, -0.2) is 0 Å². The topological polar surface area (TPSA) is 37.2 Å². The lowest BCUT2D eigenvalue weighted by atomic mass is 9.93. The Balaban J connectivity index is 1.51. The first-order valence-corrected chi connectivity index (χ1v) is 6.81. The Labute approximate surface area is 104 Å². The zero-order valence-corrected chi connectivity index (χ0v) is 10.8. The van der Waals surface area contributed by atoms with Crippen molar-refractivity contribution in [2.75, 3.05) is 19.6 Å². The molecule has 0 radical (unpaired) electrons. The van der Waals surface area contributed by atoms with Crippen LogP contribution in [0.15, 0.2) is 16.5 Å². The molecular weight excluding hydrogens is 212 g/mol. The van der Waals surface area contributed by atoms with Crippen molar-refractivity contribution in [1.82, 2.24) is 10.6 Å². The van der Waals surface area contributed by atoms with Crippen LogP contribution in [-0.2, 0) is 6.54 Å². The molecule has 0 aromatic carbocycles. The molecule has 96 valence electrons. The van der Waals surface area contributed by atoms with Crippen LogP contribution < -0.4 is 10.6 Å². The third kappa shape index (κ3) is 4.52. The molecule has 0 spiro atoms. The second kappa shape index (κ2) is 6.82. The molecule has 1 fully saturated rings. The summed E-state index contributed by atoms with van der Waals surface area (Å²) < 4.78 is 5.51. The van der Waals surface area contributed by atoms with Gasteiger partial charge in [-0.3, -0.25) is 0 Å². The lowest BCUT2D eigenvalue weighted by molar-refractivity contribution is 0.343. The van der Waals surface area contributed by atoms with E-state index >= 15 is 0 Å². The van der Waals surface area contributed by atoms with Gasteiger partial charge in [0.1, 0.15) is 11.5 Å². The van der Waals surface area contributed by atoms with Crippen molar-refractivity contribution in [3.05, 3.63) is 23.7 Å². The molecule has 0 unspecified atom stereocenters. The molecule has 0 atom stereocenters. The van der Waals surface area contributed by atoms with Gasteiger partial charge in [-0.05, 0) is 70.3 Å². The van der Waals surface area contributed by atoms with Gasteiger partial charge in [-0.1, -0.05) is 0 Å². The molecule has 2 heterocycles. The van der Waals surface area contributed by atoms with Crippen LogP contribution in [0, 0.1) is 12.8 Å². The number of nitrogens with one attached hydrogen (secondary N) is 2. The fraction of sp³-hybridized carbons (Fsp3) is 0.714. The summed E-state index contributed by atoms with van der Waals surface area (Å²) in [6, 6.07) is 4.07. The monoisotopic (exact) mass is 236 g/mol. The summed E-state index contributed by atoms with van der Waals surface area (Å²) in [7, 11) is 0. The normalized spacial score (nSPS) is 17.5. The fourth-order valence-electron chi connectivity index (χ4n) is 2.48. The highest BCUT2D eigenvalue weighted by Crippen LogP contribution is 2.17. The van der Waals surface area contributed by atoms with Crippen molar-refractivity contribution in [2.45, 2.75) is 39.2 Å². The quantitative estimate of drug-likeness (QED) is 0.745. The molecule has 3 nitrogen and oxygen atoms in total. The highest BCUT2D eigenvalue weighted by Gasteiger charge is 2.11. The molecule has 1 aliphatic heterocycles. The van der Waals surface area contributed by atoms with Gasteiger partial charge in [0, 0.05) is 0 Å². The molecule has 2 N–H and O–H groups in total. The Kier molecular flexibility index (Phi) is 5.08. The molecule has 3 heteroatoms. The average Bonchev–Trinajstić information content (AvgIpc) is 2.76. The van der Waals surface area contributed by atoms with Crippen LogP contribution in [0.4, 0.5) is 0 Å². The van der Waals surface area contributed by atoms with E-state index in [1.54, 1.807) is 0 Å². The van der Waals surface area contributed by atoms with Crippen LogP contribution in [0.2, 0.25) is 0 Å². The second-order valence-corrected chi connectivity index (χ2v) is 5.02. The summed E-state index contributed by atoms with van der Waals surface area (Å²) in [4.78, 5) is 0. The number of hydrogen-bond donors (Lipinski definition) is 2. The number of hydrogen-bond acceptors (Lipinski definition) is 3. The van der Waals surface area contributed by atoms with Gasteiger partial charge in [-0.2, -0.15) is 0 Å². The maximum absolute atomic E-state index is 5.51. The van der Waals surface area contributed by atoms with Crippen molar-refractivity contribution in [2.24, 2.45) is 5.92 Å². The molecule has 0 saturated carbocycles. The minimum Gasteiger partial charge on any atom is -0.465 e. The predicted molar refractivity (Wildman–Crippen MR) is 70.0 cm³/mol. The molecule has 1 saturated heterocycles. The van der Waals surface area contributed by atoms with Crippen LogP contribution in [-0.4, -0.2) is 19.6 Å². The number of aryl methyl sites for hydroxylation is 1. The van der Waals surface area contributed by atoms with E-state index in [-0.39, 0.29) is 0 Å². The number of rotatable bonds is 6. The van der Waals surface area contributed by atoms with Crippen LogP contribution in [0.3, 0.4) is 0 Å². The summed E-state index contributed by atoms with van der Waals surface area (Å²) in [5.74, 6) is 2.99. The van der Waals surface area contributed by atoms with E-state index in [1.807, 2.05) is 13.0 Å². The van der Waals surface area contributed by atoms with Crippen LogP contribution in [0.5, 0.6) is 0 Å². The first-order valence-electron chi connectivity index (χ1n) is 6.81. The fourth-order valence-corrected chi connectivity index (χ4v) is 2.48. The molecule has 1 aromatic rings. The molecule has 0 bridgehead atoms. The van der Waals surface area contributed by atoms with Gasteiger partial charge in [0.15, 0.2) is 0 Å². The second-order valence-electron chi connectivity index (χ2n) is 5.02. The van der Waals surface area contributed by atoms with Crippen molar-refractivity contribution in [1.29, 1.82) is 0 Å². The third-order valence-corrected chi connectivity index (χ3v) is 3.52. The van der Waals surface area contributed by atoms with Gasteiger partial charge in [0.25, 0.3) is 0 Å². The van der Waals surface area contributed by atoms with Gasteiger partial charge < -0.3 is 15.1 Å². The summed E-state index contributed by atoms with van der Waals surface area (Å²) >= 11 is 0. The SMILES string of the molecule is Cc1ccc(CNCCCC2CCNCC2)o1. The average molecular weight is 236 g/mol. The van der Waals surface area contributed by atoms with Gasteiger partial charge >= 0.3 is 0 Å². The summed E-state index contributed by atoms with van der Waals surface area (Å²) in [6.07, 6.45) is 5.37. The highest BCUT2D eigenvalue weighted by atomic mass is 16.3. The Bertz CT molecular complexity index is 316. The minimum absolute atomic E-state index is 0.861. The molecule has 0 aliphatic carbocycles. The lowest BCUT2D eigenvalue weighted by Gasteiger charge is -2.22. The predicted octanol–water partition coefficient (Wildman–Crippen LogP) is 2.46. The molecular formula is C14H24N2O. The minimum atomic E-state index is 0.861. The third-order valence-electron chi connectivity index (χ3n) is 3.52. The largest absolute Gasteiger partial charge is 0.465 e. The Hall–Kier alpha value is -0.800. The van der Waals surface area contributed by atoms with Crippen molar-refractivity contribution >= 4 is 0 Å². The van der Waals surface area contributed by atoms with Crippen LogP contribution in [0.1, 0.15) is 37.2 Å². The Morgan fingerprint density at radius 2 is 2.18 bits per heavy atom. The number of furan rings is 1. The zero-order valence-electron chi connectivity index (χ0n) is 10.8. The smallest absolute Gasteiger partial charge is 0.117 e. The van der Waals surface area contributed by atoms with E-state index in [0.717, 1.165) is 30.5 Å². The van der Waals surface area contributed by atoms with Crippen LogP contribution in [0.25, 0.3) is 0 Å². The standard InChI is InChI=1S/C14H24N2O/c1-12-4-5-14(17-12)11-16-8-2-3-13-6-9-15-10-7-13/h4-5,13,15-16H,2-3,6-11H2,1H3. The van der Waals surface area contributed by atoms with Crippen molar-refractivity contribution < 1.29 is 4.42 Å². The number of piperidine rings is 1. The summed E-state index contributed by atoms with van der Waals surface area (Å²) in [5, 5.41) is 6.86. The Morgan fingerprint density at radius 1 is 1.35 bits per heavy atom. The van der Waals surface area contributed by atoms with E-state index < -0.39 is 0 Å². The Morgan fingerprint density at radius 3 is 2.88 bits per heavy atom. The van der Waals surface area contributed by atoms with Crippen LogP contribution >= 0.6 is 0 Å². The molecule has 0 amide bonds. The van der Waals surface area contributed by atoms with Gasteiger partial charge in [-0.15, -0.1) is 0 Å². The van der Waals surface area contributed by atoms with Gasteiger partial charge in [0.2, 0.25) is 0 Å². The van der Waals surface area contributed by atoms with E-state index in [1.165, 1.54) is 38.8 Å². The summed E-state index contributed by atoms with van der Waals surface area (Å²) in [5.41, 5.74) is 0. The van der Waals surface area contributed by atoms with Crippen molar-refractivity contribution in [3.63, 3.8) is 0 Å². The first-order chi connectivity index (χ1) is 8.34. The molecule has 2 rings (SSSR count). The van der Waals surface area contributed by atoms with E-state index in [9.17, 15) is 0 Å². The highest BCUT2D eigenvalue weighted by molar-refractivity contribution is 5.04. The van der Waals surface area contributed by atoms with E-state index in [2.05, 4.69) is 16.7 Å². The lowest BCUT2D eigenvalue weighted by Crippen LogP contribution is -2.28. The first kappa shape index (κ1) is 12.7. The zero-order chi connectivity index (χ0) is 11.9. The van der Waals surface area contributed by atoms with Gasteiger partial charge in [0.05, 0.1) is 6.54 Å². The molecule has 17 heavy (non-hydrogen) atoms.